The highest BCUT2D eigenvalue weighted by atomic mass is 16.5. The highest BCUT2D eigenvalue weighted by Gasteiger charge is 2.36. The zero-order valence-corrected chi connectivity index (χ0v) is 15.8. The number of nitrogens with zero attached hydrogens (tertiary/aromatic N) is 3. The van der Waals surface area contributed by atoms with E-state index in [9.17, 15) is 9.59 Å². The van der Waals surface area contributed by atoms with Crippen LogP contribution in [0.2, 0.25) is 0 Å². The first kappa shape index (κ1) is 19.3. The quantitative estimate of drug-likeness (QED) is 0.766. The number of ether oxygens (including phenoxy) is 2. The number of carbonyl (C=O) groups is 2. The topological polar surface area (TPSA) is 106 Å². The predicted molar refractivity (Wildman–Crippen MR) is 98.3 cm³/mol. The molecule has 1 aromatic rings. The van der Waals surface area contributed by atoms with Crippen LogP contribution in [-0.4, -0.2) is 72.7 Å². The molecule has 3 rings (SSSR count). The Morgan fingerprint density at radius 3 is 3.00 bits per heavy atom. The molecule has 1 saturated carbocycles. The van der Waals surface area contributed by atoms with Crippen LogP contribution in [0.1, 0.15) is 25.7 Å². The fraction of sp³-hybridized carbons (Fsp3) is 0.667. The maximum absolute atomic E-state index is 13.0. The summed E-state index contributed by atoms with van der Waals surface area (Å²) in [5, 5.41) is 6.10. The summed E-state index contributed by atoms with van der Waals surface area (Å²) >= 11 is 0. The Morgan fingerprint density at radius 1 is 1.37 bits per heavy atom. The van der Waals surface area contributed by atoms with Gasteiger partial charge in [0, 0.05) is 38.4 Å². The molecule has 148 valence electrons. The Balaban J connectivity index is 1.68. The molecule has 27 heavy (non-hydrogen) atoms. The first-order chi connectivity index (χ1) is 13.1. The van der Waals surface area contributed by atoms with E-state index in [2.05, 4.69) is 20.6 Å². The molecule has 2 heterocycles. The molecule has 2 fully saturated rings. The Labute approximate surface area is 158 Å². The number of carbonyl (C=O) groups excluding carboxylic acids is 2. The number of anilines is 1. The molecule has 0 aromatic carbocycles. The van der Waals surface area contributed by atoms with Crippen molar-refractivity contribution in [1.82, 2.24) is 20.2 Å². The Morgan fingerprint density at radius 2 is 2.22 bits per heavy atom. The van der Waals surface area contributed by atoms with Gasteiger partial charge in [-0.3, -0.25) is 9.59 Å². The van der Waals surface area contributed by atoms with Crippen LogP contribution in [0.25, 0.3) is 0 Å². The average molecular weight is 377 g/mol. The number of methoxy groups -OCH3 is 2. The van der Waals surface area contributed by atoms with Crippen molar-refractivity contribution < 1.29 is 19.1 Å². The minimum absolute atomic E-state index is 0.0312. The summed E-state index contributed by atoms with van der Waals surface area (Å²) in [7, 11) is 3.23. The standard InChI is InChI=1S/C18H27N5O4/c1-26-14-5-4-12(17(25)23-9-3-7-19-15(24)11-23)10-13(14)21-18-20-8-6-16(22-18)27-2/h6,8,12-14H,3-5,7,9-11H2,1-2H3,(H,19,24)(H,20,21,22)/t12-,13+,14+/m0/s1. The number of hydrogen-bond donors (Lipinski definition) is 2. The third kappa shape index (κ3) is 4.85. The van der Waals surface area contributed by atoms with Crippen LogP contribution in [0.5, 0.6) is 5.88 Å². The average Bonchev–Trinajstić information content (AvgIpc) is 2.92. The van der Waals surface area contributed by atoms with Crippen molar-refractivity contribution in [2.45, 2.75) is 37.8 Å². The molecule has 0 spiro atoms. The molecule has 2 aliphatic rings. The van der Waals surface area contributed by atoms with Crippen molar-refractivity contribution in [3.63, 3.8) is 0 Å². The molecular formula is C18H27N5O4. The lowest BCUT2D eigenvalue weighted by Crippen LogP contribution is -2.47. The van der Waals surface area contributed by atoms with Gasteiger partial charge in [0.2, 0.25) is 23.6 Å². The first-order valence-corrected chi connectivity index (χ1v) is 9.32. The Hall–Kier alpha value is -2.42. The van der Waals surface area contributed by atoms with Gasteiger partial charge in [-0.1, -0.05) is 0 Å². The van der Waals surface area contributed by atoms with Crippen molar-refractivity contribution in [2.75, 3.05) is 39.2 Å². The minimum atomic E-state index is -0.148. The smallest absolute Gasteiger partial charge is 0.239 e. The van der Waals surface area contributed by atoms with Crippen LogP contribution in [-0.2, 0) is 14.3 Å². The summed E-state index contributed by atoms with van der Waals surface area (Å²) in [6.45, 7) is 1.37. The van der Waals surface area contributed by atoms with Gasteiger partial charge in [0.05, 0.1) is 25.8 Å². The maximum Gasteiger partial charge on any atom is 0.239 e. The lowest BCUT2D eigenvalue weighted by atomic mass is 9.82. The fourth-order valence-electron chi connectivity index (χ4n) is 3.74. The van der Waals surface area contributed by atoms with Gasteiger partial charge in [0.1, 0.15) is 0 Å². The second-order valence-electron chi connectivity index (χ2n) is 6.92. The zero-order valence-electron chi connectivity index (χ0n) is 15.8. The van der Waals surface area contributed by atoms with Crippen LogP contribution < -0.4 is 15.4 Å². The van der Waals surface area contributed by atoms with Gasteiger partial charge >= 0.3 is 0 Å². The molecule has 1 aliphatic heterocycles. The largest absolute Gasteiger partial charge is 0.481 e. The molecule has 9 nitrogen and oxygen atoms in total. The molecule has 0 bridgehead atoms. The highest BCUT2D eigenvalue weighted by molar-refractivity contribution is 5.86. The van der Waals surface area contributed by atoms with Gasteiger partial charge in [-0.05, 0) is 25.7 Å². The van der Waals surface area contributed by atoms with Gasteiger partial charge in [-0.2, -0.15) is 4.98 Å². The van der Waals surface area contributed by atoms with E-state index in [1.165, 1.54) is 0 Å². The molecule has 3 atom stereocenters. The number of aromatic nitrogens is 2. The molecule has 1 saturated heterocycles. The molecule has 0 unspecified atom stereocenters. The second-order valence-corrected chi connectivity index (χ2v) is 6.92. The number of hydrogen-bond acceptors (Lipinski definition) is 7. The lowest BCUT2D eigenvalue weighted by molar-refractivity contribution is -0.140. The summed E-state index contributed by atoms with van der Waals surface area (Å²) in [6, 6.07) is 1.59. The summed E-state index contributed by atoms with van der Waals surface area (Å²) in [5.41, 5.74) is 0. The van der Waals surface area contributed by atoms with Crippen molar-refractivity contribution in [1.29, 1.82) is 0 Å². The molecule has 2 amide bonds. The van der Waals surface area contributed by atoms with Gasteiger partial charge < -0.3 is 25.0 Å². The molecule has 1 aliphatic carbocycles. The first-order valence-electron chi connectivity index (χ1n) is 9.32. The molecule has 1 aromatic heterocycles. The van der Waals surface area contributed by atoms with Crippen molar-refractivity contribution in [3.8, 4) is 5.88 Å². The lowest BCUT2D eigenvalue weighted by Gasteiger charge is -2.36. The summed E-state index contributed by atoms with van der Waals surface area (Å²) < 4.78 is 10.7. The fourth-order valence-corrected chi connectivity index (χ4v) is 3.74. The van der Waals surface area contributed by atoms with E-state index in [0.717, 1.165) is 19.3 Å². The van der Waals surface area contributed by atoms with E-state index in [-0.39, 0.29) is 36.4 Å². The Bertz CT molecular complexity index is 671. The molecule has 0 radical (unpaired) electrons. The molecular weight excluding hydrogens is 350 g/mol. The van der Waals surface area contributed by atoms with Gasteiger partial charge in [-0.15, -0.1) is 0 Å². The van der Waals surface area contributed by atoms with E-state index in [1.54, 1.807) is 31.4 Å². The van der Waals surface area contributed by atoms with E-state index in [4.69, 9.17) is 9.47 Å². The summed E-state index contributed by atoms with van der Waals surface area (Å²) in [5.74, 6) is 0.723. The zero-order chi connectivity index (χ0) is 19.2. The number of nitrogens with one attached hydrogen (secondary N) is 2. The van der Waals surface area contributed by atoms with Crippen LogP contribution >= 0.6 is 0 Å². The minimum Gasteiger partial charge on any atom is -0.481 e. The summed E-state index contributed by atoms with van der Waals surface area (Å²) in [6.07, 6.45) is 4.48. The van der Waals surface area contributed by atoms with E-state index >= 15 is 0 Å². The molecule has 2 N–H and O–H groups in total. The van der Waals surface area contributed by atoms with Crippen LogP contribution in [0, 0.1) is 5.92 Å². The normalized spacial score (nSPS) is 26.1. The Kier molecular flexibility index (Phi) is 6.44. The summed E-state index contributed by atoms with van der Waals surface area (Å²) in [4.78, 5) is 34.9. The third-order valence-electron chi connectivity index (χ3n) is 5.17. The van der Waals surface area contributed by atoms with Crippen LogP contribution in [0.15, 0.2) is 12.3 Å². The molecule has 9 heteroatoms. The number of amides is 2. The van der Waals surface area contributed by atoms with Gasteiger partial charge in [0.25, 0.3) is 0 Å². The third-order valence-corrected chi connectivity index (χ3v) is 5.17. The maximum atomic E-state index is 13.0. The van der Waals surface area contributed by atoms with Gasteiger partial charge in [0.15, 0.2) is 0 Å². The monoisotopic (exact) mass is 377 g/mol. The van der Waals surface area contributed by atoms with E-state index in [0.29, 0.717) is 31.3 Å². The second kappa shape index (κ2) is 8.98. The van der Waals surface area contributed by atoms with Crippen molar-refractivity contribution in [2.24, 2.45) is 5.92 Å². The van der Waals surface area contributed by atoms with E-state index < -0.39 is 0 Å². The van der Waals surface area contributed by atoms with Crippen molar-refractivity contribution >= 4 is 17.8 Å². The number of rotatable bonds is 5. The van der Waals surface area contributed by atoms with Crippen LogP contribution in [0.3, 0.4) is 0 Å². The van der Waals surface area contributed by atoms with E-state index in [1.807, 2.05) is 0 Å². The van der Waals surface area contributed by atoms with Gasteiger partial charge in [-0.25, -0.2) is 4.98 Å². The predicted octanol–water partition coefficient (Wildman–Crippen LogP) is 0.429. The van der Waals surface area contributed by atoms with Crippen molar-refractivity contribution in [3.05, 3.63) is 12.3 Å². The van der Waals surface area contributed by atoms with Crippen LogP contribution in [0.4, 0.5) is 5.95 Å². The SMILES string of the molecule is COc1ccnc(N[C@@H]2C[C@@H](C(=O)N3CCCNC(=O)C3)CC[C@H]2OC)n1. The highest BCUT2D eigenvalue weighted by Crippen LogP contribution is 2.30.